The number of nitrogens with one attached hydrogen (secondary N) is 1. The van der Waals surface area contributed by atoms with Crippen molar-refractivity contribution in [1.29, 1.82) is 0 Å². The van der Waals surface area contributed by atoms with Crippen molar-refractivity contribution in [3.8, 4) is 5.75 Å². The monoisotopic (exact) mass is 275 g/mol. The lowest BCUT2D eigenvalue weighted by Gasteiger charge is -2.39. The summed E-state index contributed by atoms with van der Waals surface area (Å²) in [6.07, 6.45) is 5.39. The molecule has 20 heavy (non-hydrogen) atoms. The largest absolute Gasteiger partial charge is 0.491 e. The molecule has 2 aliphatic rings. The number of hydrogen-bond donors (Lipinski definition) is 1. The number of benzene rings is 1. The molecule has 3 nitrogen and oxygen atoms in total. The minimum atomic E-state index is 0.0933. The molecule has 1 spiro atoms. The summed E-state index contributed by atoms with van der Waals surface area (Å²) < 4.78 is 12.1. The molecule has 1 saturated heterocycles. The Morgan fingerprint density at radius 2 is 1.90 bits per heavy atom. The normalized spacial score (nSPS) is 25.2. The van der Waals surface area contributed by atoms with Gasteiger partial charge in [-0.05, 0) is 44.4 Å². The Kier molecular flexibility index (Phi) is 3.99. The predicted octanol–water partition coefficient (Wildman–Crippen LogP) is 3.45. The van der Waals surface area contributed by atoms with E-state index < -0.39 is 0 Å². The van der Waals surface area contributed by atoms with E-state index in [-0.39, 0.29) is 17.8 Å². The zero-order valence-electron chi connectivity index (χ0n) is 12.5. The number of hydrogen-bond acceptors (Lipinski definition) is 3. The van der Waals surface area contributed by atoms with Gasteiger partial charge < -0.3 is 14.8 Å². The molecule has 1 unspecified atom stereocenters. The molecule has 3 heteroatoms. The fraction of sp³-hybridized carbons (Fsp3) is 0.647. The maximum absolute atomic E-state index is 6.44. The summed E-state index contributed by atoms with van der Waals surface area (Å²) in [5.41, 5.74) is 1.34. The number of rotatable bonds is 3. The van der Waals surface area contributed by atoms with Crippen LogP contribution in [0.1, 0.15) is 51.2 Å². The molecule has 0 bridgehead atoms. The molecule has 1 heterocycles. The van der Waals surface area contributed by atoms with E-state index in [0.29, 0.717) is 0 Å². The Bertz CT molecular complexity index is 435. The van der Waals surface area contributed by atoms with Gasteiger partial charge in [0.1, 0.15) is 5.75 Å². The summed E-state index contributed by atoms with van der Waals surface area (Å²) in [6.45, 7) is 6.02. The third kappa shape index (κ3) is 2.99. The lowest BCUT2D eigenvalue weighted by Crippen LogP contribution is -2.49. The maximum atomic E-state index is 6.44. The van der Waals surface area contributed by atoms with E-state index in [1.165, 1.54) is 31.2 Å². The van der Waals surface area contributed by atoms with Crippen molar-refractivity contribution < 1.29 is 9.47 Å². The van der Waals surface area contributed by atoms with Crippen molar-refractivity contribution >= 4 is 0 Å². The van der Waals surface area contributed by atoms with Gasteiger partial charge >= 0.3 is 0 Å². The highest BCUT2D eigenvalue weighted by atomic mass is 16.5. The maximum Gasteiger partial charge on any atom is 0.119 e. The summed E-state index contributed by atoms with van der Waals surface area (Å²) >= 11 is 0. The predicted molar refractivity (Wildman–Crippen MR) is 80.1 cm³/mol. The standard InChI is InChI=1S/C17H25NO2/c1-13(2)19-15-7-5-14(6-8-15)16-11-18-12-17(20-16)9-3-4-10-17/h5-8,13,16,18H,3-4,9-12H2,1-2H3. The van der Waals surface area contributed by atoms with E-state index in [0.717, 1.165) is 18.8 Å². The van der Waals surface area contributed by atoms with E-state index >= 15 is 0 Å². The fourth-order valence-corrected chi connectivity index (χ4v) is 3.35. The minimum absolute atomic E-state index is 0.0933. The SMILES string of the molecule is CC(C)Oc1ccc(C2CNCC3(CCCC3)O2)cc1. The minimum Gasteiger partial charge on any atom is -0.491 e. The number of ether oxygens (including phenoxy) is 2. The third-order valence-corrected chi connectivity index (χ3v) is 4.31. The van der Waals surface area contributed by atoms with Crippen LogP contribution >= 0.6 is 0 Å². The highest BCUT2D eigenvalue weighted by molar-refractivity contribution is 5.29. The van der Waals surface area contributed by atoms with Crippen molar-refractivity contribution in [2.24, 2.45) is 0 Å². The van der Waals surface area contributed by atoms with Crippen LogP contribution in [0.3, 0.4) is 0 Å². The third-order valence-electron chi connectivity index (χ3n) is 4.31. The quantitative estimate of drug-likeness (QED) is 0.916. The average molecular weight is 275 g/mol. The lowest BCUT2D eigenvalue weighted by molar-refractivity contribution is -0.114. The first-order valence-electron chi connectivity index (χ1n) is 7.82. The molecule has 3 rings (SSSR count). The van der Waals surface area contributed by atoms with Crippen LogP contribution in [-0.4, -0.2) is 24.8 Å². The molecule has 1 aliphatic carbocycles. The van der Waals surface area contributed by atoms with Gasteiger partial charge in [-0.3, -0.25) is 0 Å². The van der Waals surface area contributed by atoms with Gasteiger partial charge in [0, 0.05) is 13.1 Å². The van der Waals surface area contributed by atoms with E-state index in [4.69, 9.17) is 9.47 Å². The first kappa shape index (κ1) is 13.9. The summed E-state index contributed by atoms with van der Waals surface area (Å²) in [7, 11) is 0. The summed E-state index contributed by atoms with van der Waals surface area (Å²) in [6, 6.07) is 8.37. The van der Waals surface area contributed by atoms with E-state index in [1.807, 2.05) is 13.8 Å². The Morgan fingerprint density at radius 3 is 2.55 bits per heavy atom. The van der Waals surface area contributed by atoms with Gasteiger partial charge in [0.25, 0.3) is 0 Å². The van der Waals surface area contributed by atoms with Crippen LogP contribution in [0.4, 0.5) is 0 Å². The smallest absolute Gasteiger partial charge is 0.119 e. The highest BCUT2D eigenvalue weighted by Gasteiger charge is 2.39. The van der Waals surface area contributed by atoms with Crippen LogP contribution in [0, 0.1) is 0 Å². The molecule has 1 aromatic rings. The highest BCUT2D eigenvalue weighted by Crippen LogP contribution is 2.39. The van der Waals surface area contributed by atoms with Crippen LogP contribution in [0.2, 0.25) is 0 Å². The Morgan fingerprint density at radius 1 is 1.20 bits per heavy atom. The van der Waals surface area contributed by atoms with Crippen LogP contribution in [-0.2, 0) is 4.74 Å². The number of morpholine rings is 1. The van der Waals surface area contributed by atoms with Gasteiger partial charge in [0.2, 0.25) is 0 Å². The Labute approximate surface area is 121 Å². The molecule has 0 radical (unpaired) electrons. The zero-order chi connectivity index (χ0) is 14.0. The molecule has 1 atom stereocenters. The fourth-order valence-electron chi connectivity index (χ4n) is 3.35. The molecule has 0 aromatic heterocycles. The van der Waals surface area contributed by atoms with Crippen LogP contribution in [0.5, 0.6) is 5.75 Å². The Balaban J connectivity index is 1.69. The van der Waals surface area contributed by atoms with Crippen molar-refractivity contribution in [2.75, 3.05) is 13.1 Å². The molecule has 1 aliphatic heterocycles. The molecule has 0 amide bonds. The van der Waals surface area contributed by atoms with Gasteiger partial charge in [-0.1, -0.05) is 25.0 Å². The van der Waals surface area contributed by atoms with E-state index in [9.17, 15) is 0 Å². The molecule has 110 valence electrons. The summed E-state index contributed by atoms with van der Waals surface area (Å²) in [4.78, 5) is 0. The second-order valence-electron chi connectivity index (χ2n) is 6.36. The molecular formula is C17H25NO2. The van der Waals surface area contributed by atoms with E-state index in [1.54, 1.807) is 0 Å². The lowest BCUT2D eigenvalue weighted by atomic mass is 9.97. The Hall–Kier alpha value is -1.06. The van der Waals surface area contributed by atoms with Crippen molar-refractivity contribution in [1.82, 2.24) is 5.32 Å². The van der Waals surface area contributed by atoms with Crippen molar-refractivity contribution in [2.45, 2.75) is 57.3 Å². The first-order chi connectivity index (χ1) is 9.67. The van der Waals surface area contributed by atoms with Crippen molar-refractivity contribution in [3.05, 3.63) is 29.8 Å². The molecule has 1 aromatic carbocycles. The van der Waals surface area contributed by atoms with Gasteiger partial charge in [0.05, 0.1) is 17.8 Å². The van der Waals surface area contributed by atoms with Crippen LogP contribution < -0.4 is 10.1 Å². The van der Waals surface area contributed by atoms with E-state index in [2.05, 4.69) is 29.6 Å². The summed E-state index contributed by atoms with van der Waals surface area (Å²) in [5, 5.41) is 3.56. The zero-order valence-corrected chi connectivity index (χ0v) is 12.5. The topological polar surface area (TPSA) is 30.5 Å². The molecule has 1 N–H and O–H groups in total. The second-order valence-corrected chi connectivity index (χ2v) is 6.36. The van der Waals surface area contributed by atoms with Crippen LogP contribution in [0.25, 0.3) is 0 Å². The first-order valence-corrected chi connectivity index (χ1v) is 7.82. The average Bonchev–Trinajstić information content (AvgIpc) is 2.87. The van der Waals surface area contributed by atoms with Gasteiger partial charge in [-0.2, -0.15) is 0 Å². The van der Waals surface area contributed by atoms with Gasteiger partial charge in [-0.15, -0.1) is 0 Å². The van der Waals surface area contributed by atoms with Crippen LogP contribution in [0.15, 0.2) is 24.3 Å². The second kappa shape index (κ2) is 5.74. The molecular weight excluding hydrogens is 250 g/mol. The molecule has 1 saturated carbocycles. The van der Waals surface area contributed by atoms with Gasteiger partial charge in [0.15, 0.2) is 0 Å². The van der Waals surface area contributed by atoms with Gasteiger partial charge in [-0.25, -0.2) is 0 Å². The van der Waals surface area contributed by atoms with Crippen molar-refractivity contribution in [3.63, 3.8) is 0 Å². The molecule has 2 fully saturated rings. The summed E-state index contributed by atoms with van der Waals surface area (Å²) in [5.74, 6) is 0.933.